The fraction of sp³-hybridized carbons (Fsp3) is 0.625. The number of ether oxygens (including phenoxy) is 2. The first-order valence-corrected chi connectivity index (χ1v) is 15.3. The first-order valence-electron chi connectivity index (χ1n) is 15.3. The number of benzene rings is 1. The van der Waals surface area contributed by atoms with Crippen molar-refractivity contribution >= 4 is 28.7 Å². The molecule has 2 aliphatic rings. The van der Waals surface area contributed by atoms with Crippen LogP contribution in [-0.4, -0.2) is 105 Å². The lowest BCUT2D eigenvalue weighted by molar-refractivity contribution is -0.00580. The molecule has 0 radical (unpaired) electrons. The monoisotopic (exact) mass is 593 g/mol. The molecule has 0 bridgehead atoms. The molecule has 0 amide bonds. The minimum Gasteiger partial charge on any atom is -0.389 e. The van der Waals surface area contributed by atoms with Crippen molar-refractivity contribution in [2.45, 2.75) is 91.0 Å². The molecule has 2 aromatic heterocycles. The van der Waals surface area contributed by atoms with Crippen LogP contribution in [0, 0.1) is 0 Å². The van der Waals surface area contributed by atoms with Gasteiger partial charge in [-0.1, -0.05) is 30.3 Å². The van der Waals surface area contributed by atoms with Crippen molar-refractivity contribution in [3.8, 4) is 11.3 Å². The Morgan fingerprint density at radius 2 is 1.26 bits per heavy atom. The molecule has 11 heteroatoms. The zero-order valence-corrected chi connectivity index (χ0v) is 26.8. The highest BCUT2D eigenvalue weighted by molar-refractivity contribution is 5.89. The first kappa shape index (κ1) is 31.3. The summed E-state index contributed by atoms with van der Waals surface area (Å²) in [7, 11) is 0. The number of hydrogen-bond acceptors (Lipinski definition) is 11. The minimum atomic E-state index is -1.07. The van der Waals surface area contributed by atoms with Crippen molar-refractivity contribution in [2.75, 3.05) is 54.0 Å². The van der Waals surface area contributed by atoms with Gasteiger partial charge in [-0.3, -0.25) is 0 Å². The number of aliphatic hydroxyl groups is 2. The van der Waals surface area contributed by atoms with Crippen molar-refractivity contribution < 1.29 is 19.7 Å². The quantitative estimate of drug-likeness (QED) is 0.398. The van der Waals surface area contributed by atoms with E-state index >= 15 is 0 Å². The van der Waals surface area contributed by atoms with Gasteiger partial charge in [-0.05, 0) is 55.4 Å². The molecule has 1 aromatic carbocycles. The van der Waals surface area contributed by atoms with Gasteiger partial charge in [0.2, 0.25) is 5.95 Å². The molecule has 2 N–H and O–H groups in total. The average Bonchev–Trinajstić information content (AvgIpc) is 2.89. The summed E-state index contributed by atoms with van der Waals surface area (Å²) >= 11 is 0. The Morgan fingerprint density at radius 3 is 1.77 bits per heavy atom. The van der Waals surface area contributed by atoms with Crippen LogP contribution in [0.1, 0.15) is 55.4 Å². The lowest BCUT2D eigenvalue weighted by Crippen LogP contribution is -2.48. The highest BCUT2D eigenvalue weighted by atomic mass is 16.5. The van der Waals surface area contributed by atoms with Crippen LogP contribution in [0.25, 0.3) is 22.4 Å². The van der Waals surface area contributed by atoms with Gasteiger partial charge in [0.05, 0.1) is 35.6 Å². The molecule has 0 aliphatic carbocycles. The highest BCUT2D eigenvalue weighted by Gasteiger charge is 2.32. The van der Waals surface area contributed by atoms with E-state index in [0.717, 1.165) is 17.1 Å². The maximum absolute atomic E-state index is 11.0. The lowest BCUT2D eigenvalue weighted by atomic mass is 10.1. The zero-order valence-electron chi connectivity index (χ0n) is 26.8. The zero-order chi connectivity index (χ0) is 31.1. The van der Waals surface area contributed by atoms with Crippen LogP contribution in [0.4, 0.5) is 17.6 Å². The topological polar surface area (TPSA) is 120 Å². The fourth-order valence-electron chi connectivity index (χ4n) is 6.12. The van der Waals surface area contributed by atoms with E-state index in [0.29, 0.717) is 49.1 Å². The van der Waals surface area contributed by atoms with Gasteiger partial charge in [0.1, 0.15) is 5.69 Å². The number of anilines is 3. The molecule has 2 fully saturated rings. The molecule has 234 valence electrons. The SMILES string of the molecule is CC1CN(c2nc(N(CC(C)(C)O)CC(C)(C)O)c3nc(-c4ccccc4)c(N4CC(C)OC(C)C4)nc3n2)CC(C)O1. The van der Waals surface area contributed by atoms with Crippen molar-refractivity contribution in [3.05, 3.63) is 30.3 Å². The van der Waals surface area contributed by atoms with E-state index in [2.05, 4.69) is 23.6 Å². The summed E-state index contributed by atoms with van der Waals surface area (Å²) in [5.74, 6) is 1.80. The van der Waals surface area contributed by atoms with E-state index in [1.54, 1.807) is 27.7 Å². The predicted molar refractivity (Wildman–Crippen MR) is 170 cm³/mol. The molecule has 5 rings (SSSR count). The van der Waals surface area contributed by atoms with Gasteiger partial charge in [-0.2, -0.15) is 9.97 Å². The first-order chi connectivity index (χ1) is 20.1. The van der Waals surface area contributed by atoms with Crippen molar-refractivity contribution in [2.24, 2.45) is 0 Å². The second-order valence-corrected chi connectivity index (χ2v) is 13.6. The normalized spacial score (nSPS) is 23.6. The predicted octanol–water partition coefficient (Wildman–Crippen LogP) is 3.66. The third kappa shape index (κ3) is 7.70. The molecule has 3 aromatic rings. The summed E-state index contributed by atoms with van der Waals surface area (Å²) < 4.78 is 12.0. The number of hydrogen-bond donors (Lipinski definition) is 2. The molecule has 11 nitrogen and oxygen atoms in total. The van der Waals surface area contributed by atoms with Crippen molar-refractivity contribution in [3.63, 3.8) is 0 Å². The van der Waals surface area contributed by atoms with Gasteiger partial charge in [-0.25, -0.2) is 9.97 Å². The van der Waals surface area contributed by atoms with E-state index < -0.39 is 11.2 Å². The molecule has 0 spiro atoms. The van der Waals surface area contributed by atoms with Gasteiger partial charge in [0.25, 0.3) is 0 Å². The second kappa shape index (κ2) is 12.1. The molecular formula is C32H47N7O4. The van der Waals surface area contributed by atoms with Crippen LogP contribution in [0.3, 0.4) is 0 Å². The lowest BCUT2D eigenvalue weighted by Gasteiger charge is -2.38. The molecule has 4 unspecified atom stereocenters. The molecule has 0 saturated carbocycles. The van der Waals surface area contributed by atoms with E-state index in [9.17, 15) is 10.2 Å². The van der Waals surface area contributed by atoms with Crippen LogP contribution in [0.2, 0.25) is 0 Å². The maximum Gasteiger partial charge on any atom is 0.229 e. The summed E-state index contributed by atoms with van der Waals surface area (Å²) in [4.78, 5) is 26.8. The van der Waals surface area contributed by atoms with Crippen LogP contribution in [-0.2, 0) is 9.47 Å². The summed E-state index contributed by atoms with van der Waals surface area (Å²) in [6, 6.07) is 10.0. The van der Waals surface area contributed by atoms with Gasteiger partial charge < -0.3 is 34.4 Å². The van der Waals surface area contributed by atoms with Crippen LogP contribution >= 0.6 is 0 Å². The Morgan fingerprint density at radius 1 is 0.744 bits per heavy atom. The van der Waals surface area contributed by atoms with Crippen LogP contribution < -0.4 is 14.7 Å². The number of nitrogens with zero attached hydrogens (tertiary/aromatic N) is 7. The Bertz CT molecular complexity index is 1370. The molecule has 43 heavy (non-hydrogen) atoms. The number of aromatic nitrogens is 4. The fourth-order valence-corrected chi connectivity index (χ4v) is 6.12. The summed E-state index contributed by atoms with van der Waals surface area (Å²) in [6.07, 6.45) is 0.0844. The van der Waals surface area contributed by atoms with E-state index in [1.165, 1.54) is 0 Å². The molecule has 2 aliphatic heterocycles. The van der Waals surface area contributed by atoms with Crippen LogP contribution in [0.15, 0.2) is 30.3 Å². The van der Waals surface area contributed by atoms with Gasteiger partial charge in [0.15, 0.2) is 22.8 Å². The molecule has 2 saturated heterocycles. The molecular weight excluding hydrogens is 546 g/mol. The average molecular weight is 594 g/mol. The number of rotatable bonds is 8. The summed E-state index contributed by atoms with van der Waals surface area (Å²) in [5.41, 5.74) is 0.502. The summed E-state index contributed by atoms with van der Waals surface area (Å²) in [5, 5.41) is 21.9. The minimum absolute atomic E-state index is 0.00813. The Hall–Kier alpha value is -3.12. The van der Waals surface area contributed by atoms with Crippen molar-refractivity contribution in [1.29, 1.82) is 0 Å². The number of fused-ring (bicyclic) bond motifs is 1. The standard InChI is InChI=1S/C32H47N7O4/c1-20-14-37(15-21(2)42-20)28-25(24-12-10-9-11-13-24)33-26-27(34-28)35-30(38-16-22(3)43-23(4)17-38)36-29(26)39(18-31(5,6)40)19-32(7,8)41/h9-13,20-23,40-41H,14-19H2,1-8H3. The van der Waals surface area contributed by atoms with E-state index in [1.807, 2.05) is 49.1 Å². The highest BCUT2D eigenvalue weighted by Crippen LogP contribution is 2.35. The van der Waals surface area contributed by atoms with Gasteiger partial charge in [-0.15, -0.1) is 0 Å². The van der Waals surface area contributed by atoms with Crippen molar-refractivity contribution in [1.82, 2.24) is 19.9 Å². The summed E-state index contributed by atoms with van der Waals surface area (Å²) in [6.45, 7) is 18.3. The van der Waals surface area contributed by atoms with E-state index in [4.69, 9.17) is 29.4 Å². The third-order valence-electron chi connectivity index (χ3n) is 7.41. The Kier molecular flexibility index (Phi) is 8.82. The van der Waals surface area contributed by atoms with Gasteiger partial charge in [0, 0.05) is 44.8 Å². The third-order valence-corrected chi connectivity index (χ3v) is 7.41. The smallest absolute Gasteiger partial charge is 0.229 e. The van der Waals surface area contributed by atoms with E-state index in [-0.39, 0.29) is 37.5 Å². The van der Waals surface area contributed by atoms with Crippen LogP contribution in [0.5, 0.6) is 0 Å². The van der Waals surface area contributed by atoms with Gasteiger partial charge >= 0.3 is 0 Å². The molecule has 4 heterocycles. The Labute approximate surface area is 254 Å². The molecule has 4 atom stereocenters. The second-order valence-electron chi connectivity index (χ2n) is 13.6. The maximum atomic E-state index is 11.0. The largest absolute Gasteiger partial charge is 0.389 e. The number of morpholine rings is 2. The Balaban J connectivity index is 1.77.